The van der Waals surface area contributed by atoms with Gasteiger partial charge in [-0.1, -0.05) is 53.2 Å². The number of carboxylic acids is 1. The molecule has 5 aliphatic carbocycles. The number of aliphatic carboxylic acids is 1. The highest BCUT2D eigenvalue weighted by atomic mass is 16.4. The molecule has 0 amide bonds. The minimum Gasteiger partial charge on any atom is -0.481 e. The molecule has 5 rings (SSSR count). The van der Waals surface area contributed by atoms with Gasteiger partial charge in [0.1, 0.15) is 0 Å². The monoisotopic (exact) mass is 488 g/mol. The van der Waals surface area contributed by atoms with Gasteiger partial charge in [0.05, 0.1) is 17.6 Å². The molecule has 0 radical (unpaired) electrons. The topological polar surface area (TPSA) is 98.0 Å². The van der Waals surface area contributed by atoms with Crippen molar-refractivity contribution in [3.63, 3.8) is 0 Å². The van der Waals surface area contributed by atoms with Gasteiger partial charge in [-0.25, -0.2) is 0 Å². The number of aliphatic hydroxyl groups excluding tert-OH is 3. The molecule has 5 nitrogen and oxygen atoms in total. The molecule has 5 aliphatic rings. The number of carboxylic acid groups (broad SMARTS) is 1. The molecular formula is C30H48O5. The van der Waals surface area contributed by atoms with E-state index in [9.17, 15) is 25.2 Å². The Morgan fingerprint density at radius 3 is 2.31 bits per heavy atom. The maximum atomic E-state index is 12.8. The first-order valence-corrected chi connectivity index (χ1v) is 14.1. The van der Waals surface area contributed by atoms with Crippen molar-refractivity contribution in [2.75, 3.05) is 6.61 Å². The largest absolute Gasteiger partial charge is 0.481 e. The maximum Gasteiger partial charge on any atom is 0.310 e. The van der Waals surface area contributed by atoms with Gasteiger partial charge in [0.2, 0.25) is 0 Å². The number of fused-ring (bicyclic) bond motifs is 7. The molecule has 11 atom stereocenters. The van der Waals surface area contributed by atoms with Crippen molar-refractivity contribution in [2.45, 2.75) is 105 Å². The molecule has 11 unspecified atom stereocenters. The average Bonchev–Trinajstić information content (AvgIpc) is 2.78. The predicted octanol–water partition coefficient (Wildman–Crippen LogP) is 5.03. The maximum absolute atomic E-state index is 12.8. The molecule has 5 heteroatoms. The Hall–Kier alpha value is -0.910. The molecule has 0 aromatic carbocycles. The lowest BCUT2D eigenvalue weighted by Gasteiger charge is -2.71. The Kier molecular flexibility index (Phi) is 5.73. The first kappa shape index (κ1) is 25.7. The van der Waals surface area contributed by atoms with E-state index in [0.29, 0.717) is 37.0 Å². The van der Waals surface area contributed by atoms with Crippen LogP contribution in [0.1, 0.15) is 92.9 Å². The molecule has 35 heavy (non-hydrogen) atoms. The minimum atomic E-state index is -0.761. The van der Waals surface area contributed by atoms with Crippen molar-refractivity contribution in [3.05, 3.63) is 11.6 Å². The van der Waals surface area contributed by atoms with Crippen LogP contribution in [-0.2, 0) is 4.79 Å². The van der Waals surface area contributed by atoms with Crippen molar-refractivity contribution in [1.29, 1.82) is 0 Å². The third-order valence-corrected chi connectivity index (χ3v) is 13.3. The van der Waals surface area contributed by atoms with Crippen LogP contribution in [0.25, 0.3) is 0 Å². The van der Waals surface area contributed by atoms with Crippen LogP contribution in [0, 0.1) is 56.7 Å². The van der Waals surface area contributed by atoms with E-state index in [-0.39, 0.29) is 40.1 Å². The quantitative estimate of drug-likeness (QED) is 0.409. The van der Waals surface area contributed by atoms with Crippen molar-refractivity contribution < 1.29 is 25.2 Å². The summed E-state index contributed by atoms with van der Waals surface area (Å²) in [5, 5.41) is 42.9. The van der Waals surface area contributed by atoms with E-state index in [4.69, 9.17) is 0 Å². The van der Waals surface area contributed by atoms with E-state index in [2.05, 4.69) is 47.6 Å². The first-order chi connectivity index (χ1) is 16.2. The second-order valence-electron chi connectivity index (χ2n) is 14.6. The van der Waals surface area contributed by atoms with Crippen molar-refractivity contribution >= 4 is 5.97 Å². The second kappa shape index (κ2) is 7.80. The fraction of sp³-hybridized carbons (Fsp3) is 0.900. The molecule has 4 fully saturated rings. The zero-order valence-corrected chi connectivity index (χ0v) is 22.7. The van der Waals surface area contributed by atoms with Gasteiger partial charge in [-0.2, -0.15) is 0 Å². The molecule has 0 spiro atoms. The number of hydrogen-bond acceptors (Lipinski definition) is 4. The van der Waals surface area contributed by atoms with Gasteiger partial charge < -0.3 is 20.4 Å². The third-order valence-electron chi connectivity index (χ3n) is 13.3. The highest BCUT2D eigenvalue weighted by Crippen LogP contribution is 2.75. The minimum absolute atomic E-state index is 0.00815. The number of aliphatic hydroxyl groups is 3. The van der Waals surface area contributed by atoms with E-state index in [0.717, 1.165) is 32.1 Å². The van der Waals surface area contributed by atoms with E-state index in [1.54, 1.807) is 0 Å². The fourth-order valence-electron chi connectivity index (χ4n) is 11.1. The van der Waals surface area contributed by atoms with Crippen LogP contribution in [0.4, 0.5) is 0 Å². The Bertz CT molecular complexity index is 926. The van der Waals surface area contributed by atoms with Crippen LogP contribution in [0.2, 0.25) is 0 Å². The van der Waals surface area contributed by atoms with Gasteiger partial charge >= 0.3 is 5.97 Å². The van der Waals surface area contributed by atoms with Crippen LogP contribution in [0.15, 0.2) is 11.6 Å². The Morgan fingerprint density at radius 2 is 1.69 bits per heavy atom. The smallest absolute Gasteiger partial charge is 0.310 e. The Balaban J connectivity index is 1.63. The molecule has 0 aliphatic heterocycles. The number of hydrogen-bond donors (Lipinski definition) is 4. The number of carbonyl (C=O) groups is 1. The summed E-state index contributed by atoms with van der Waals surface area (Å²) >= 11 is 0. The second-order valence-corrected chi connectivity index (χ2v) is 14.6. The van der Waals surface area contributed by atoms with E-state index >= 15 is 0 Å². The van der Waals surface area contributed by atoms with Gasteiger partial charge in [0.25, 0.3) is 0 Å². The van der Waals surface area contributed by atoms with Crippen LogP contribution in [0.3, 0.4) is 0 Å². The van der Waals surface area contributed by atoms with E-state index in [1.807, 2.05) is 0 Å². The summed E-state index contributed by atoms with van der Waals surface area (Å²) < 4.78 is 0. The normalized spacial score (nSPS) is 55.0. The zero-order chi connectivity index (χ0) is 25.8. The standard InChI is InChI=1S/C30H48O5/c1-17-9-12-30(25(34)35)14-13-28(5)19(23(30)18(17)16-31)7-8-22-27(4)15-20(32)24(33)26(2,3)21(27)10-11-29(22,28)6/h7,17-18,20-24,31-33H,8-16H2,1-6H3,(H,34,35). The number of rotatable bonds is 2. The van der Waals surface area contributed by atoms with Crippen molar-refractivity contribution in [1.82, 2.24) is 0 Å². The van der Waals surface area contributed by atoms with Crippen LogP contribution in [0.5, 0.6) is 0 Å². The molecule has 0 heterocycles. The third kappa shape index (κ3) is 3.01. The molecule has 0 saturated heterocycles. The van der Waals surface area contributed by atoms with Gasteiger partial charge in [-0.3, -0.25) is 4.79 Å². The highest BCUT2D eigenvalue weighted by molar-refractivity contribution is 5.76. The Morgan fingerprint density at radius 1 is 1.00 bits per heavy atom. The first-order valence-electron chi connectivity index (χ1n) is 14.1. The van der Waals surface area contributed by atoms with Gasteiger partial charge in [0, 0.05) is 12.5 Å². The fourth-order valence-corrected chi connectivity index (χ4v) is 11.1. The summed E-state index contributed by atoms with van der Waals surface area (Å²) in [6.07, 6.45) is 7.71. The summed E-state index contributed by atoms with van der Waals surface area (Å²) in [6.45, 7) is 13.7. The summed E-state index contributed by atoms with van der Waals surface area (Å²) in [5.74, 6) is 0.232. The summed E-state index contributed by atoms with van der Waals surface area (Å²) in [4.78, 5) is 12.8. The molecule has 4 N–H and O–H groups in total. The predicted molar refractivity (Wildman–Crippen MR) is 135 cm³/mol. The summed E-state index contributed by atoms with van der Waals surface area (Å²) in [5.41, 5.74) is -0.00646. The SMILES string of the molecule is CC1CCC2(C(=O)O)CCC3(C)C(=CCC4C5(C)CC(O)C(O)C(C)(C)C5CCC43C)C2C1CO. The van der Waals surface area contributed by atoms with E-state index < -0.39 is 23.6 Å². The van der Waals surface area contributed by atoms with Gasteiger partial charge in [-0.15, -0.1) is 0 Å². The average molecular weight is 489 g/mol. The van der Waals surface area contributed by atoms with Crippen LogP contribution < -0.4 is 0 Å². The summed E-state index contributed by atoms with van der Waals surface area (Å²) in [7, 11) is 0. The van der Waals surface area contributed by atoms with Crippen LogP contribution in [-0.4, -0.2) is 45.2 Å². The lowest BCUT2D eigenvalue weighted by molar-refractivity contribution is -0.232. The molecule has 0 aromatic rings. The lowest BCUT2D eigenvalue weighted by atomic mass is 9.33. The van der Waals surface area contributed by atoms with E-state index in [1.165, 1.54) is 5.57 Å². The molecule has 198 valence electrons. The van der Waals surface area contributed by atoms with Gasteiger partial charge in [0.15, 0.2) is 0 Å². The molecule has 0 aromatic heterocycles. The van der Waals surface area contributed by atoms with Crippen LogP contribution >= 0.6 is 0 Å². The van der Waals surface area contributed by atoms with Gasteiger partial charge in [-0.05, 0) is 96.7 Å². The molecular weight excluding hydrogens is 440 g/mol. The lowest BCUT2D eigenvalue weighted by Crippen LogP contribution is -2.67. The highest BCUT2D eigenvalue weighted by Gasteiger charge is 2.70. The Labute approximate surface area is 211 Å². The summed E-state index contributed by atoms with van der Waals surface area (Å²) in [6, 6.07) is 0. The molecule has 0 bridgehead atoms. The molecule has 4 saturated carbocycles. The van der Waals surface area contributed by atoms with Crippen molar-refractivity contribution in [3.8, 4) is 0 Å². The van der Waals surface area contributed by atoms with Crippen molar-refractivity contribution in [2.24, 2.45) is 56.7 Å². The number of allylic oxidation sites excluding steroid dienone is 2. The zero-order valence-electron chi connectivity index (χ0n) is 22.7.